The molecule has 0 spiro atoms. The second kappa shape index (κ2) is 10.2. The summed E-state index contributed by atoms with van der Waals surface area (Å²) < 4.78 is 0. The predicted molar refractivity (Wildman–Crippen MR) is 87.7 cm³/mol. The van der Waals surface area contributed by atoms with E-state index in [1.165, 1.54) is 12.8 Å². The van der Waals surface area contributed by atoms with Crippen LogP contribution in [0.2, 0.25) is 0 Å². The molecule has 1 unspecified atom stereocenters. The molecular weight excluding hydrogens is 246 g/mol. The minimum atomic E-state index is -0.427. The Labute approximate surface area is 126 Å². The van der Waals surface area contributed by atoms with Crippen molar-refractivity contribution in [1.29, 1.82) is 5.26 Å². The summed E-state index contributed by atoms with van der Waals surface area (Å²) >= 11 is 0. The maximum atomic E-state index is 9.48. The van der Waals surface area contributed by atoms with Gasteiger partial charge in [-0.25, -0.2) is 0 Å². The van der Waals surface area contributed by atoms with Crippen molar-refractivity contribution in [2.45, 2.75) is 66.3 Å². The number of hydrogen-bond acceptors (Lipinski definition) is 3. The summed E-state index contributed by atoms with van der Waals surface area (Å²) in [5.74, 6) is 1.43. The Morgan fingerprint density at radius 3 is 1.95 bits per heavy atom. The van der Waals surface area contributed by atoms with E-state index in [4.69, 9.17) is 0 Å². The first-order chi connectivity index (χ1) is 9.33. The van der Waals surface area contributed by atoms with E-state index < -0.39 is 5.54 Å². The number of rotatable bonds is 11. The van der Waals surface area contributed by atoms with Crippen molar-refractivity contribution < 1.29 is 0 Å². The fourth-order valence-electron chi connectivity index (χ4n) is 2.13. The normalized spacial score (nSPS) is 14.8. The number of nitrogens with zero attached hydrogens (tertiary/aromatic N) is 2. The van der Waals surface area contributed by atoms with Crippen LogP contribution in [-0.4, -0.2) is 36.6 Å². The molecule has 1 N–H and O–H groups in total. The molecule has 0 rings (SSSR count). The molecule has 0 aromatic heterocycles. The quantitative estimate of drug-likeness (QED) is 0.628. The summed E-state index contributed by atoms with van der Waals surface area (Å²) in [5.41, 5.74) is -0.427. The highest BCUT2D eigenvalue weighted by Crippen LogP contribution is 2.11. The molecule has 0 radical (unpaired) electrons. The van der Waals surface area contributed by atoms with Crippen LogP contribution in [0.1, 0.15) is 60.8 Å². The molecule has 0 aliphatic heterocycles. The number of nitriles is 1. The maximum Gasteiger partial charge on any atom is 0.116 e. The van der Waals surface area contributed by atoms with Gasteiger partial charge in [0.1, 0.15) is 5.54 Å². The van der Waals surface area contributed by atoms with Crippen LogP contribution in [0.15, 0.2) is 0 Å². The molecule has 0 aliphatic carbocycles. The van der Waals surface area contributed by atoms with Crippen LogP contribution in [-0.2, 0) is 0 Å². The van der Waals surface area contributed by atoms with Crippen LogP contribution in [0.3, 0.4) is 0 Å². The van der Waals surface area contributed by atoms with Gasteiger partial charge in [-0.15, -0.1) is 0 Å². The van der Waals surface area contributed by atoms with E-state index in [0.717, 1.165) is 32.6 Å². The van der Waals surface area contributed by atoms with E-state index in [9.17, 15) is 5.26 Å². The topological polar surface area (TPSA) is 39.1 Å². The maximum absolute atomic E-state index is 9.48. The Bertz CT molecular complexity index is 268. The third-order valence-corrected chi connectivity index (χ3v) is 3.60. The average Bonchev–Trinajstić information content (AvgIpc) is 2.39. The van der Waals surface area contributed by atoms with Crippen molar-refractivity contribution in [2.75, 3.05) is 26.2 Å². The molecule has 0 fully saturated rings. The first-order valence-electron chi connectivity index (χ1n) is 8.21. The highest BCUT2D eigenvalue weighted by molar-refractivity contribution is 5.05. The van der Waals surface area contributed by atoms with Gasteiger partial charge in [0.15, 0.2) is 0 Å². The first kappa shape index (κ1) is 19.4. The fourth-order valence-corrected chi connectivity index (χ4v) is 2.13. The second-order valence-corrected chi connectivity index (χ2v) is 7.01. The van der Waals surface area contributed by atoms with E-state index in [-0.39, 0.29) is 0 Å². The second-order valence-electron chi connectivity index (χ2n) is 7.01. The van der Waals surface area contributed by atoms with Crippen LogP contribution in [0.5, 0.6) is 0 Å². The molecule has 0 saturated heterocycles. The van der Waals surface area contributed by atoms with Crippen molar-refractivity contribution in [2.24, 2.45) is 11.8 Å². The van der Waals surface area contributed by atoms with E-state index in [0.29, 0.717) is 11.8 Å². The van der Waals surface area contributed by atoms with Gasteiger partial charge in [-0.2, -0.15) is 5.26 Å². The summed E-state index contributed by atoms with van der Waals surface area (Å²) in [4.78, 5) is 2.46. The van der Waals surface area contributed by atoms with Gasteiger partial charge >= 0.3 is 0 Å². The molecule has 118 valence electrons. The highest BCUT2D eigenvalue weighted by Gasteiger charge is 2.26. The van der Waals surface area contributed by atoms with Crippen LogP contribution in [0.4, 0.5) is 0 Å². The predicted octanol–water partition coefficient (Wildman–Crippen LogP) is 3.66. The fraction of sp³-hybridized carbons (Fsp3) is 0.941. The lowest BCUT2D eigenvalue weighted by molar-refractivity contribution is 0.200. The third kappa shape index (κ3) is 9.34. The summed E-state index contributed by atoms with van der Waals surface area (Å²) in [6, 6.07) is 2.47. The summed E-state index contributed by atoms with van der Waals surface area (Å²) in [5, 5.41) is 12.9. The van der Waals surface area contributed by atoms with Crippen molar-refractivity contribution in [3.05, 3.63) is 0 Å². The van der Waals surface area contributed by atoms with Crippen molar-refractivity contribution in [3.63, 3.8) is 0 Å². The van der Waals surface area contributed by atoms with Crippen LogP contribution < -0.4 is 5.32 Å². The molecule has 0 aromatic rings. The molecule has 1 atom stereocenters. The van der Waals surface area contributed by atoms with Gasteiger partial charge in [0, 0.05) is 6.54 Å². The SMILES string of the molecule is CCCNC(C)(C#N)CN(CCC(C)C)CCC(C)C. The van der Waals surface area contributed by atoms with Crippen molar-refractivity contribution >= 4 is 0 Å². The molecular formula is C17H35N3. The molecule has 0 bridgehead atoms. The summed E-state index contributed by atoms with van der Waals surface area (Å²) in [6.45, 7) is 17.1. The number of hydrogen-bond donors (Lipinski definition) is 1. The van der Waals surface area contributed by atoms with Gasteiger partial charge < -0.3 is 4.90 Å². The summed E-state index contributed by atoms with van der Waals surface area (Å²) in [6.07, 6.45) is 3.47. The Morgan fingerprint density at radius 2 is 1.60 bits per heavy atom. The van der Waals surface area contributed by atoms with Crippen molar-refractivity contribution in [1.82, 2.24) is 10.2 Å². The first-order valence-corrected chi connectivity index (χ1v) is 8.21. The van der Waals surface area contributed by atoms with E-state index >= 15 is 0 Å². The molecule has 3 nitrogen and oxygen atoms in total. The van der Waals surface area contributed by atoms with Gasteiger partial charge in [-0.3, -0.25) is 5.32 Å². The van der Waals surface area contributed by atoms with Gasteiger partial charge in [-0.05, 0) is 57.7 Å². The zero-order valence-corrected chi connectivity index (χ0v) is 14.5. The van der Waals surface area contributed by atoms with E-state index in [2.05, 4.69) is 50.9 Å². The number of nitrogens with one attached hydrogen (secondary N) is 1. The molecule has 0 aromatic carbocycles. The Hall–Kier alpha value is -0.590. The lowest BCUT2D eigenvalue weighted by Crippen LogP contribution is -2.51. The standard InChI is InChI=1S/C17H35N3/c1-7-10-19-17(6,13-18)14-20(11-8-15(2)3)12-9-16(4)5/h15-16,19H,7-12,14H2,1-6H3. The van der Waals surface area contributed by atoms with E-state index in [1.807, 2.05) is 6.92 Å². The third-order valence-electron chi connectivity index (χ3n) is 3.60. The highest BCUT2D eigenvalue weighted by atomic mass is 15.2. The molecule has 0 saturated carbocycles. The lowest BCUT2D eigenvalue weighted by atomic mass is 10.0. The molecule has 3 heteroatoms. The van der Waals surface area contributed by atoms with Crippen LogP contribution in [0.25, 0.3) is 0 Å². The minimum absolute atomic E-state index is 0.427. The largest absolute Gasteiger partial charge is 0.300 e. The molecule has 0 amide bonds. The molecule has 0 heterocycles. The van der Waals surface area contributed by atoms with Crippen LogP contribution in [0, 0.1) is 23.2 Å². The zero-order chi connectivity index (χ0) is 15.6. The minimum Gasteiger partial charge on any atom is -0.300 e. The lowest BCUT2D eigenvalue weighted by Gasteiger charge is -2.32. The monoisotopic (exact) mass is 281 g/mol. The summed E-state index contributed by atoms with van der Waals surface area (Å²) in [7, 11) is 0. The van der Waals surface area contributed by atoms with Crippen molar-refractivity contribution in [3.8, 4) is 6.07 Å². The molecule has 0 aliphatic rings. The Kier molecular flexibility index (Phi) is 9.88. The smallest absolute Gasteiger partial charge is 0.116 e. The zero-order valence-electron chi connectivity index (χ0n) is 14.5. The Morgan fingerprint density at radius 1 is 1.10 bits per heavy atom. The van der Waals surface area contributed by atoms with Crippen LogP contribution >= 0.6 is 0 Å². The Balaban J connectivity index is 4.53. The van der Waals surface area contributed by atoms with Gasteiger partial charge in [0.2, 0.25) is 0 Å². The van der Waals surface area contributed by atoms with E-state index in [1.54, 1.807) is 0 Å². The van der Waals surface area contributed by atoms with Gasteiger partial charge in [0.25, 0.3) is 0 Å². The molecule has 20 heavy (non-hydrogen) atoms. The average molecular weight is 281 g/mol. The van der Waals surface area contributed by atoms with Gasteiger partial charge in [0.05, 0.1) is 6.07 Å². The van der Waals surface area contributed by atoms with Gasteiger partial charge in [-0.1, -0.05) is 34.6 Å².